The largest absolute Gasteiger partial charge is 0.396 e. The number of morpholine rings is 1. The van der Waals surface area contributed by atoms with Gasteiger partial charge in [-0.25, -0.2) is 0 Å². The summed E-state index contributed by atoms with van der Waals surface area (Å²) >= 11 is 0. The number of amides is 1. The third-order valence-corrected chi connectivity index (χ3v) is 6.01. The molecule has 3 rings (SSSR count). The van der Waals surface area contributed by atoms with Gasteiger partial charge in [-0.15, -0.1) is 0 Å². The molecule has 2 aliphatic rings. The molecule has 1 N–H and O–H groups in total. The van der Waals surface area contributed by atoms with E-state index >= 15 is 0 Å². The average Bonchev–Trinajstić information content (AvgIpc) is 2.70. The number of aliphatic hydroxyl groups is 1. The molecule has 2 atom stereocenters. The van der Waals surface area contributed by atoms with Gasteiger partial charge in [-0.3, -0.25) is 14.5 Å². The quantitative estimate of drug-likeness (QED) is 0.815. The van der Waals surface area contributed by atoms with Crippen LogP contribution < -0.4 is 5.56 Å². The van der Waals surface area contributed by atoms with Crippen molar-refractivity contribution >= 4 is 5.91 Å². The van der Waals surface area contributed by atoms with Gasteiger partial charge < -0.3 is 19.3 Å². The Morgan fingerprint density at radius 3 is 2.70 bits per heavy atom. The van der Waals surface area contributed by atoms with Gasteiger partial charge in [0, 0.05) is 51.6 Å². The first-order valence-corrected chi connectivity index (χ1v) is 9.91. The summed E-state index contributed by atoms with van der Waals surface area (Å²) in [6, 6.07) is 3.88. The van der Waals surface area contributed by atoms with Crippen molar-refractivity contribution < 1.29 is 14.6 Å². The fraction of sp³-hybridized carbons (Fsp3) is 0.700. The van der Waals surface area contributed by atoms with E-state index in [0.29, 0.717) is 25.0 Å². The van der Waals surface area contributed by atoms with E-state index in [9.17, 15) is 14.7 Å². The molecule has 1 aromatic rings. The monoisotopic (exact) mass is 377 g/mol. The van der Waals surface area contributed by atoms with Crippen molar-refractivity contribution in [3.63, 3.8) is 0 Å². The standard InChI is InChI=1S/C20H31N3O4/c1-15-5-6-17(19(25)21(15)2)20(26)23-8-7-18(16(14-23)4-3-11-24)22-9-12-27-13-10-22/h5-6,16,18,24H,3-4,7-14H2,1-2H3/t16-,18+/m1/s1. The van der Waals surface area contributed by atoms with Gasteiger partial charge in [0.1, 0.15) is 5.56 Å². The van der Waals surface area contributed by atoms with Crippen molar-refractivity contribution in [1.29, 1.82) is 0 Å². The number of rotatable bonds is 5. The lowest BCUT2D eigenvalue weighted by Crippen LogP contribution is -2.55. The van der Waals surface area contributed by atoms with Gasteiger partial charge >= 0.3 is 0 Å². The van der Waals surface area contributed by atoms with Gasteiger partial charge in [-0.2, -0.15) is 0 Å². The minimum absolute atomic E-state index is 0.165. The number of nitrogens with zero attached hydrogens (tertiary/aromatic N) is 3. The molecule has 27 heavy (non-hydrogen) atoms. The second-order valence-corrected chi connectivity index (χ2v) is 7.63. The molecule has 7 nitrogen and oxygen atoms in total. The van der Waals surface area contributed by atoms with E-state index < -0.39 is 0 Å². The molecule has 2 fully saturated rings. The summed E-state index contributed by atoms with van der Waals surface area (Å²) in [6.07, 6.45) is 2.52. The van der Waals surface area contributed by atoms with Gasteiger partial charge in [0.2, 0.25) is 0 Å². The molecule has 0 radical (unpaired) electrons. The molecule has 7 heteroatoms. The highest BCUT2D eigenvalue weighted by Crippen LogP contribution is 2.27. The number of piperidine rings is 1. The Hall–Kier alpha value is -1.70. The number of likely N-dealkylation sites (tertiary alicyclic amines) is 1. The van der Waals surface area contributed by atoms with Crippen molar-refractivity contribution in [2.24, 2.45) is 13.0 Å². The van der Waals surface area contributed by atoms with Gasteiger partial charge in [0.05, 0.1) is 13.2 Å². The summed E-state index contributed by atoms with van der Waals surface area (Å²) in [5, 5.41) is 9.28. The van der Waals surface area contributed by atoms with E-state index in [4.69, 9.17) is 4.74 Å². The first-order valence-electron chi connectivity index (χ1n) is 9.91. The summed E-state index contributed by atoms with van der Waals surface area (Å²) in [5.41, 5.74) is 0.847. The molecule has 150 valence electrons. The second kappa shape index (κ2) is 8.99. The topological polar surface area (TPSA) is 75.0 Å². The average molecular weight is 377 g/mol. The maximum atomic E-state index is 13.0. The Bertz CT molecular complexity index is 712. The third-order valence-electron chi connectivity index (χ3n) is 6.01. The van der Waals surface area contributed by atoms with Gasteiger partial charge in [0.25, 0.3) is 11.5 Å². The van der Waals surface area contributed by atoms with Crippen LogP contribution >= 0.6 is 0 Å². The van der Waals surface area contributed by atoms with Gasteiger partial charge in [-0.1, -0.05) is 0 Å². The predicted molar refractivity (Wildman–Crippen MR) is 103 cm³/mol. The van der Waals surface area contributed by atoms with Crippen LogP contribution in [0.25, 0.3) is 0 Å². The summed E-state index contributed by atoms with van der Waals surface area (Å²) < 4.78 is 7.00. The maximum absolute atomic E-state index is 13.0. The first-order chi connectivity index (χ1) is 13.0. The van der Waals surface area contributed by atoms with E-state index in [1.165, 1.54) is 4.57 Å². The van der Waals surface area contributed by atoms with Crippen LogP contribution in [-0.2, 0) is 11.8 Å². The van der Waals surface area contributed by atoms with Crippen LogP contribution in [0, 0.1) is 12.8 Å². The minimum atomic E-state index is -0.234. The summed E-state index contributed by atoms with van der Waals surface area (Å²) in [7, 11) is 1.70. The molecule has 1 amide bonds. The van der Waals surface area contributed by atoms with Crippen LogP contribution in [0.3, 0.4) is 0 Å². The number of hydrogen-bond acceptors (Lipinski definition) is 5. The zero-order valence-corrected chi connectivity index (χ0v) is 16.4. The van der Waals surface area contributed by atoms with Crippen molar-refractivity contribution in [3.8, 4) is 0 Å². The Balaban J connectivity index is 1.75. The number of aromatic nitrogens is 1. The van der Waals surface area contributed by atoms with Crippen LogP contribution in [0.1, 0.15) is 35.3 Å². The minimum Gasteiger partial charge on any atom is -0.396 e. The number of ether oxygens (including phenoxy) is 1. The number of pyridine rings is 1. The predicted octanol–water partition coefficient (Wildman–Crippen LogP) is 0.629. The lowest BCUT2D eigenvalue weighted by Gasteiger charge is -2.45. The molecule has 0 unspecified atom stereocenters. The van der Waals surface area contributed by atoms with Crippen molar-refractivity contribution in [2.75, 3.05) is 46.0 Å². The van der Waals surface area contributed by atoms with E-state index in [0.717, 1.165) is 51.3 Å². The molecule has 1 aromatic heterocycles. The van der Waals surface area contributed by atoms with Crippen LogP contribution in [0.5, 0.6) is 0 Å². The maximum Gasteiger partial charge on any atom is 0.263 e. The molecule has 0 bridgehead atoms. The van der Waals surface area contributed by atoms with Crippen molar-refractivity contribution in [2.45, 2.75) is 32.2 Å². The number of aliphatic hydroxyl groups excluding tert-OH is 1. The van der Waals surface area contributed by atoms with E-state index in [1.54, 1.807) is 13.1 Å². The normalized spacial score (nSPS) is 24.2. The molecular weight excluding hydrogens is 346 g/mol. The van der Waals surface area contributed by atoms with Crippen LogP contribution in [-0.4, -0.2) is 77.4 Å². The number of aryl methyl sites for hydroxylation is 1. The number of carbonyl (C=O) groups excluding carboxylic acids is 1. The smallest absolute Gasteiger partial charge is 0.263 e. The SMILES string of the molecule is Cc1ccc(C(=O)N2CC[C@H](N3CCOCC3)[C@H](CCCO)C2)c(=O)n1C. The van der Waals surface area contributed by atoms with Crippen molar-refractivity contribution in [1.82, 2.24) is 14.4 Å². The Labute approximate surface area is 160 Å². The Kier molecular flexibility index (Phi) is 6.68. The van der Waals surface area contributed by atoms with Gasteiger partial charge in [0.15, 0.2) is 0 Å². The molecule has 0 spiro atoms. The first kappa shape index (κ1) is 20.0. The summed E-state index contributed by atoms with van der Waals surface area (Å²) in [4.78, 5) is 29.8. The van der Waals surface area contributed by atoms with E-state index in [1.807, 2.05) is 17.9 Å². The molecule has 2 saturated heterocycles. The molecule has 0 aliphatic carbocycles. The third kappa shape index (κ3) is 4.42. The van der Waals surface area contributed by atoms with E-state index in [2.05, 4.69) is 4.90 Å². The number of hydrogen-bond donors (Lipinski definition) is 1. The summed E-state index contributed by atoms with van der Waals surface area (Å²) in [5.74, 6) is 0.132. The second-order valence-electron chi connectivity index (χ2n) is 7.63. The molecule has 0 saturated carbocycles. The lowest BCUT2D eigenvalue weighted by atomic mass is 9.86. The molecule has 0 aromatic carbocycles. The summed E-state index contributed by atoms with van der Waals surface area (Å²) in [6.45, 7) is 6.68. The van der Waals surface area contributed by atoms with E-state index in [-0.39, 0.29) is 23.6 Å². The molecule has 3 heterocycles. The van der Waals surface area contributed by atoms with Crippen molar-refractivity contribution in [3.05, 3.63) is 33.7 Å². The van der Waals surface area contributed by atoms with Gasteiger partial charge in [-0.05, 0) is 44.2 Å². The zero-order valence-electron chi connectivity index (χ0n) is 16.4. The Morgan fingerprint density at radius 2 is 2.00 bits per heavy atom. The van der Waals surface area contributed by atoms with Crippen LogP contribution in [0.15, 0.2) is 16.9 Å². The van der Waals surface area contributed by atoms with Crippen LogP contribution in [0.2, 0.25) is 0 Å². The Morgan fingerprint density at radius 1 is 1.26 bits per heavy atom. The van der Waals surface area contributed by atoms with Crippen LogP contribution in [0.4, 0.5) is 0 Å². The molecular formula is C20H31N3O4. The lowest BCUT2D eigenvalue weighted by molar-refractivity contribution is -0.0197. The highest BCUT2D eigenvalue weighted by Gasteiger charge is 2.35. The fourth-order valence-corrected chi connectivity index (χ4v) is 4.29. The fourth-order valence-electron chi connectivity index (χ4n) is 4.29. The number of carbonyl (C=O) groups is 1. The highest BCUT2D eigenvalue weighted by molar-refractivity contribution is 5.94. The molecule has 2 aliphatic heterocycles. The highest BCUT2D eigenvalue weighted by atomic mass is 16.5. The zero-order chi connectivity index (χ0) is 19.4.